The highest BCUT2D eigenvalue weighted by molar-refractivity contribution is 5.86. The van der Waals surface area contributed by atoms with Crippen molar-refractivity contribution in [3.05, 3.63) is 43.0 Å². The Morgan fingerprint density at radius 3 is 2.75 bits per heavy atom. The maximum absolute atomic E-state index is 10.8. The number of amides is 1. The van der Waals surface area contributed by atoms with Crippen LogP contribution < -0.4 is 10.1 Å². The molecule has 86 valence electrons. The first-order valence-electron chi connectivity index (χ1n) is 5.41. The van der Waals surface area contributed by atoms with Crippen molar-refractivity contribution in [2.75, 3.05) is 13.2 Å². The van der Waals surface area contributed by atoms with E-state index in [2.05, 4.69) is 11.9 Å². The normalized spacial score (nSPS) is 9.50. The topological polar surface area (TPSA) is 38.3 Å². The SMILES string of the molecule is C=CC(=O)NCCCCOc1ccccc1. The Balaban J connectivity index is 2.00. The summed E-state index contributed by atoms with van der Waals surface area (Å²) in [5.74, 6) is 0.765. The van der Waals surface area contributed by atoms with Gasteiger partial charge in [-0.3, -0.25) is 4.79 Å². The van der Waals surface area contributed by atoms with Crippen LogP contribution in [-0.4, -0.2) is 19.1 Å². The Labute approximate surface area is 96.1 Å². The van der Waals surface area contributed by atoms with E-state index in [0.29, 0.717) is 13.2 Å². The first-order chi connectivity index (χ1) is 7.83. The molecule has 1 rings (SSSR count). The number of carbonyl (C=O) groups is 1. The van der Waals surface area contributed by atoms with Crippen LogP contribution in [0.5, 0.6) is 5.75 Å². The van der Waals surface area contributed by atoms with Gasteiger partial charge in [-0.25, -0.2) is 0 Å². The molecule has 3 nitrogen and oxygen atoms in total. The molecule has 0 saturated carbocycles. The fourth-order valence-electron chi connectivity index (χ4n) is 1.22. The van der Waals surface area contributed by atoms with Crippen molar-refractivity contribution in [3.8, 4) is 5.75 Å². The van der Waals surface area contributed by atoms with Gasteiger partial charge in [-0.15, -0.1) is 0 Å². The highest BCUT2D eigenvalue weighted by atomic mass is 16.5. The van der Waals surface area contributed by atoms with Crippen LogP contribution >= 0.6 is 0 Å². The first kappa shape index (κ1) is 12.3. The Bertz CT molecular complexity index is 322. The van der Waals surface area contributed by atoms with Crippen LogP contribution in [0.3, 0.4) is 0 Å². The fraction of sp³-hybridized carbons (Fsp3) is 0.308. The molecule has 1 aromatic rings. The fourth-order valence-corrected chi connectivity index (χ4v) is 1.22. The van der Waals surface area contributed by atoms with Crippen LogP contribution in [0.25, 0.3) is 0 Å². The monoisotopic (exact) mass is 219 g/mol. The lowest BCUT2D eigenvalue weighted by atomic mass is 10.3. The van der Waals surface area contributed by atoms with E-state index in [1.807, 2.05) is 30.3 Å². The summed E-state index contributed by atoms with van der Waals surface area (Å²) in [5, 5.41) is 2.72. The average molecular weight is 219 g/mol. The van der Waals surface area contributed by atoms with Gasteiger partial charge in [0.2, 0.25) is 5.91 Å². The molecule has 0 saturated heterocycles. The van der Waals surface area contributed by atoms with E-state index < -0.39 is 0 Å². The van der Waals surface area contributed by atoms with E-state index in [0.717, 1.165) is 18.6 Å². The van der Waals surface area contributed by atoms with E-state index in [1.54, 1.807) is 0 Å². The number of para-hydroxylation sites is 1. The lowest BCUT2D eigenvalue weighted by Gasteiger charge is -2.05. The van der Waals surface area contributed by atoms with Gasteiger partial charge in [-0.1, -0.05) is 24.8 Å². The Hall–Kier alpha value is -1.77. The molecule has 0 fully saturated rings. The molecule has 16 heavy (non-hydrogen) atoms. The quantitative estimate of drug-likeness (QED) is 0.563. The van der Waals surface area contributed by atoms with E-state index in [9.17, 15) is 4.79 Å². The minimum atomic E-state index is -0.121. The lowest BCUT2D eigenvalue weighted by Crippen LogP contribution is -2.22. The number of carbonyl (C=O) groups excluding carboxylic acids is 1. The lowest BCUT2D eigenvalue weighted by molar-refractivity contribution is -0.116. The van der Waals surface area contributed by atoms with Crippen molar-refractivity contribution >= 4 is 5.91 Å². The molecule has 0 spiro atoms. The maximum Gasteiger partial charge on any atom is 0.243 e. The third kappa shape index (κ3) is 5.20. The second-order valence-corrected chi connectivity index (χ2v) is 3.36. The van der Waals surface area contributed by atoms with Crippen molar-refractivity contribution < 1.29 is 9.53 Å². The van der Waals surface area contributed by atoms with Gasteiger partial charge in [-0.05, 0) is 31.1 Å². The molecule has 0 aromatic heterocycles. The molecule has 0 unspecified atom stereocenters. The van der Waals surface area contributed by atoms with E-state index in [-0.39, 0.29) is 5.91 Å². The summed E-state index contributed by atoms with van der Waals surface area (Å²) in [6, 6.07) is 9.70. The summed E-state index contributed by atoms with van der Waals surface area (Å²) in [6.45, 7) is 4.72. The van der Waals surface area contributed by atoms with Crippen molar-refractivity contribution in [1.29, 1.82) is 0 Å². The third-order valence-electron chi connectivity index (χ3n) is 2.07. The number of unbranched alkanes of at least 4 members (excludes halogenated alkanes) is 1. The zero-order valence-corrected chi connectivity index (χ0v) is 9.32. The minimum Gasteiger partial charge on any atom is -0.494 e. The molecule has 0 aliphatic carbocycles. The van der Waals surface area contributed by atoms with Gasteiger partial charge < -0.3 is 10.1 Å². The summed E-state index contributed by atoms with van der Waals surface area (Å²) in [7, 11) is 0. The Morgan fingerprint density at radius 2 is 2.06 bits per heavy atom. The molecule has 1 N–H and O–H groups in total. The molecule has 0 bridgehead atoms. The van der Waals surface area contributed by atoms with Gasteiger partial charge >= 0.3 is 0 Å². The smallest absolute Gasteiger partial charge is 0.243 e. The predicted molar refractivity (Wildman–Crippen MR) is 64.4 cm³/mol. The highest BCUT2D eigenvalue weighted by Gasteiger charge is 1.94. The van der Waals surface area contributed by atoms with Crippen molar-refractivity contribution in [3.63, 3.8) is 0 Å². The minimum absolute atomic E-state index is 0.121. The maximum atomic E-state index is 10.8. The summed E-state index contributed by atoms with van der Waals surface area (Å²) < 4.78 is 5.51. The van der Waals surface area contributed by atoms with E-state index in [1.165, 1.54) is 6.08 Å². The molecule has 0 aliphatic rings. The van der Waals surface area contributed by atoms with E-state index in [4.69, 9.17) is 4.74 Å². The van der Waals surface area contributed by atoms with Crippen LogP contribution in [0.4, 0.5) is 0 Å². The van der Waals surface area contributed by atoms with Crippen LogP contribution in [0.1, 0.15) is 12.8 Å². The third-order valence-corrected chi connectivity index (χ3v) is 2.07. The molecule has 0 aliphatic heterocycles. The van der Waals surface area contributed by atoms with Gasteiger partial charge in [-0.2, -0.15) is 0 Å². The van der Waals surface area contributed by atoms with Crippen molar-refractivity contribution in [1.82, 2.24) is 5.32 Å². The summed E-state index contributed by atoms with van der Waals surface area (Å²) in [6.07, 6.45) is 3.11. The summed E-state index contributed by atoms with van der Waals surface area (Å²) in [4.78, 5) is 10.8. The summed E-state index contributed by atoms with van der Waals surface area (Å²) in [5.41, 5.74) is 0. The highest BCUT2D eigenvalue weighted by Crippen LogP contribution is 2.08. The molecule has 3 heteroatoms. The number of rotatable bonds is 7. The molecule has 1 aromatic carbocycles. The van der Waals surface area contributed by atoms with Crippen molar-refractivity contribution in [2.45, 2.75) is 12.8 Å². The van der Waals surface area contributed by atoms with E-state index >= 15 is 0 Å². The second kappa shape index (κ2) is 7.51. The van der Waals surface area contributed by atoms with Crippen LogP contribution in [0, 0.1) is 0 Å². The molecule has 0 radical (unpaired) electrons. The Kier molecular flexibility index (Phi) is 5.78. The van der Waals surface area contributed by atoms with Crippen LogP contribution in [-0.2, 0) is 4.79 Å². The van der Waals surface area contributed by atoms with Crippen LogP contribution in [0.2, 0.25) is 0 Å². The average Bonchev–Trinajstić information content (AvgIpc) is 2.34. The number of hydrogen-bond donors (Lipinski definition) is 1. The standard InChI is InChI=1S/C13H17NO2/c1-2-13(15)14-10-6-7-11-16-12-8-4-3-5-9-12/h2-5,8-9H,1,6-7,10-11H2,(H,14,15). The number of ether oxygens (including phenoxy) is 1. The van der Waals surface area contributed by atoms with Gasteiger partial charge in [0.15, 0.2) is 0 Å². The number of hydrogen-bond acceptors (Lipinski definition) is 2. The molecule has 1 amide bonds. The number of nitrogens with one attached hydrogen (secondary N) is 1. The first-order valence-corrected chi connectivity index (χ1v) is 5.41. The van der Waals surface area contributed by atoms with Gasteiger partial charge in [0.25, 0.3) is 0 Å². The zero-order chi connectivity index (χ0) is 11.6. The second-order valence-electron chi connectivity index (χ2n) is 3.36. The largest absolute Gasteiger partial charge is 0.494 e. The molecule has 0 atom stereocenters. The zero-order valence-electron chi connectivity index (χ0n) is 9.32. The molecule has 0 heterocycles. The van der Waals surface area contributed by atoms with Gasteiger partial charge in [0.1, 0.15) is 5.75 Å². The summed E-state index contributed by atoms with van der Waals surface area (Å²) >= 11 is 0. The Morgan fingerprint density at radius 1 is 1.31 bits per heavy atom. The molecular weight excluding hydrogens is 202 g/mol. The van der Waals surface area contributed by atoms with Gasteiger partial charge in [0, 0.05) is 6.54 Å². The van der Waals surface area contributed by atoms with Crippen LogP contribution in [0.15, 0.2) is 43.0 Å². The van der Waals surface area contributed by atoms with Gasteiger partial charge in [0.05, 0.1) is 6.61 Å². The predicted octanol–water partition coefficient (Wildman–Crippen LogP) is 2.15. The number of benzene rings is 1. The van der Waals surface area contributed by atoms with Crippen molar-refractivity contribution in [2.24, 2.45) is 0 Å². The molecular formula is C13H17NO2.